The van der Waals surface area contributed by atoms with E-state index in [4.69, 9.17) is 28.4 Å². The molecule has 0 saturated heterocycles. The van der Waals surface area contributed by atoms with Crippen LogP contribution in [0, 0.1) is 0 Å². The van der Waals surface area contributed by atoms with E-state index in [0.717, 1.165) is 0 Å². The van der Waals surface area contributed by atoms with Crippen molar-refractivity contribution in [2.75, 3.05) is 0 Å². The van der Waals surface area contributed by atoms with Crippen molar-refractivity contribution in [1.82, 2.24) is 0 Å². The summed E-state index contributed by atoms with van der Waals surface area (Å²) in [4.78, 5) is 60.7. The molecule has 0 saturated carbocycles. The van der Waals surface area contributed by atoms with Crippen molar-refractivity contribution < 1.29 is 52.4 Å². The number of hydrogen-bond acceptors (Lipinski definition) is 11. The van der Waals surface area contributed by atoms with Crippen molar-refractivity contribution in [3.05, 3.63) is 41.5 Å². The monoisotopic (exact) mass is 570 g/mol. The molecule has 0 bridgehead atoms. The van der Waals surface area contributed by atoms with E-state index < -0.39 is 42.1 Å². The number of ether oxygens (including phenoxy) is 6. The molecule has 0 aliphatic carbocycles. The van der Waals surface area contributed by atoms with Gasteiger partial charge in [0.15, 0.2) is 17.6 Å². The summed E-state index contributed by atoms with van der Waals surface area (Å²) >= 11 is 0. The summed E-state index contributed by atoms with van der Waals surface area (Å²) in [5, 5.41) is 0. The maximum absolute atomic E-state index is 12.4. The number of hydrogen-bond donors (Lipinski definition) is 0. The van der Waals surface area contributed by atoms with Gasteiger partial charge in [-0.1, -0.05) is 40.7 Å². The molecule has 2 aromatic carbocycles. The highest BCUT2D eigenvalue weighted by Gasteiger charge is 2.37. The highest BCUT2D eigenvalue weighted by atomic mass is 16.6. The largest absolute Gasteiger partial charge is 0.481 e. The van der Waals surface area contributed by atoms with Crippen LogP contribution in [0.15, 0.2) is 30.3 Å². The lowest BCUT2D eigenvalue weighted by molar-refractivity contribution is -0.155. The lowest BCUT2D eigenvalue weighted by Gasteiger charge is -2.34. The van der Waals surface area contributed by atoms with Crippen LogP contribution < -0.4 is 23.7 Å². The summed E-state index contributed by atoms with van der Waals surface area (Å²) in [6.45, 7) is 8.18. The van der Waals surface area contributed by atoms with Gasteiger partial charge in [-0.25, -0.2) is 0 Å². The molecule has 41 heavy (non-hydrogen) atoms. The van der Waals surface area contributed by atoms with Gasteiger partial charge in [0.2, 0.25) is 0 Å². The fraction of sp³-hybridized carbons (Fsp3) is 0.433. The molecule has 0 fully saturated rings. The first-order chi connectivity index (χ1) is 19.6. The molecule has 1 aliphatic rings. The first-order valence-electron chi connectivity index (χ1n) is 13.6. The Balaban J connectivity index is 2.12. The van der Waals surface area contributed by atoms with E-state index in [-0.39, 0.29) is 67.3 Å². The molecule has 220 valence electrons. The molecular weight excluding hydrogens is 536 g/mol. The van der Waals surface area contributed by atoms with Crippen molar-refractivity contribution in [1.29, 1.82) is 0 Å². The van der Waals surface area contributed by atoms with E-state index in [9.17, 15) is 24.0 Å². The van der Waals surface area contributed by atoms with Gasteiger partial charge in [-0.3, -0.25) is 24.0 Å². The Hall–Kier alpha value is -4.41. The highest BCUT2D eigenvalue weighted by Crippen LogP contribution is 2.45. The number of carbonyl (C=O) groups excluding carboxylic acids is 5. The normalized spacial score (nSPS) is 15.5. The van der Waals surface area contributed by atoms with Crippen LogP contribution in [-0.4, -0.2) is 36.0 Å². The summed E-state index contributed by atoms with van der Waals surface area (Å²) in [6.07, 6.45) is -1.20. The van der Waals surface area contributed by atoms with Crippen LogP contribution in [0.5, 0.6) is 28.7 Å². The van der Waals surface area contributed by atoms with Crippen molar-refractivity contribution in [2.24, 2.45) is 0 Å². The number of rotatable bonds is 11. The predicted molar refractivity (Wildman–Crippen MR) is 144 cm³/mol. The minimum Gasteiger partial charge on any atom is -0.481 e. The molecule has 1 aliphatic heterocycles. The summed E-state index contributed by atoms with van der Waals surface area (Å²) in [7, 11) is 0. The number of carbonyl (C=O) groups is 5. The second-order valence-electron chi connectivity index (χ2n) is 9.04. The van der Waals surface area contributed by atoms with E-state index in [1.165, 1.54) is 24.3 Å². The summed E-state index contributed by atoms with van der Waals surface area (Å²) in [5.41, 5.74) is 0.891. The smallest absolute Gasteiger partial charge is 0.311 e. The van der Waals surface area contributed by atoms with Crippen molar-refractivity contribution in [3.8, 4) is 28.7 Å². The zero-order chi connectivity index (χ0) is 30.1. The Bertz CT molecular complexity index is 1310. The molecule has 11 nitrogen and oxygen atoms in total. The minimum absolute atomic E-state index is 0.00527. The van der Waals surface area contributed by atoms with Gasteiger partial charge in [-0.15, -0.1) is 0 Å². The molecule has 1 heterocycles. The first-order valence-corrected chi connectivity index (χ1v) is 13.6. The number of fused-ring (bicyclic) bond motifs is 1. The average Bonchev–Trinajstić information content (AvgIpc) is 2.97. The lowest BCUT2D eigenvalue weighted by atomic mass is 9.93. The fourth-order valence-corrected chi connectivity index (χ4v) is 3.87. The third kappa shape index (κ3) is 8.06. The zero-order valence-electron chi connectivity index (χ0n) is 23.8. The molecule has 2 atom stereocenters. The Morgan fingerprint density at radius 3 is 1.78 bits per heavy atom. The van der Waals surface area contributed by atoms with Gasteiger partial charge in [0, 0.05) is 61.8 Å². The van der Waals surface area contributed by atoms with Crippen LogP contribution in [0.2, 0.25) is 0 Å². The van der Waals surface area contributed by atoms with E-state index >= 15 is 0 Å². The average molecular weight is 571 g/mol. The molecule has 11 heteroatoms. The van der Waals surface area contributed by atoms with Crippen LogP contribution in [0.3, 0.4) is 0 Å². The Morgan fingerprint density at radius 2 is 1.20 bits per heavy atom. The van der Waals surface area contributed by atoms with Crippen LogP contribution in [0.1, 0.15) is 84.0 Å². The lowest BCUT2D eigenvalue weighted by Crippen LogP contribution is -2.35. The van der Waals surface area contributed by atoms with Gasteiger partial charge in [0.05, 0.1) is 0 Å². The SMILES string of the molecule is CCC(=O)Oc1cc(OC(=O)CC)c2c(c1)O[C@H](c1ccc(OC(=O)CC)c(OC(=O)CC)c1)[C@@H](OC(=O)CC)C2. The van der Waals surface area contributed by atoms with E-state index in [2.05, 4.69) is 0 Å². The maximum Gasteiger partial charge on any atom is 0.311 e. The van der Waals surface area contributed by atoms with Crippen molar-refractivity contribution in [3.63, 3.8) is 0 Å². The predicted octanol–water partition coefficient (Wildman–Crippen LogP) is 4.95. The van der Waals surface area contributed by atoms with Crippen LogP contribution in [0.4, 0.5) is 0 Å². The maximum atomic E-state index is 12.4. The Labute approximate surface area is 238 Å². The van der Waals surface area contributed by atoms with Gasteiger partial charge in [-0.2, -0.15) is 0 Å². The van der Waals surface area contributed by atoms with Gasteiger partial charge in [0.25, 0.3) is 0 Å². The number of benzene rings is 2. The van der Waals surface area contributed by atoms with Gasteiger partial charge >= 0.3 is 29.8 Å². The first kappa shape index (κ1) is 31.1. The molecule has 0 unspecified atom stereocenters. The molecule has 0 amide bonds. The topological polar surface area (TPSA) is 141 Å². The second-order valence-corrected chi connectivity index (χ2v) is 9.04. The number of esters is 5. The molecule has 0 radical (unpaired) electrons. The van der Waals surface area contributed by atoms with Crippen LogP contribution in [0.25, 0.3) is 0 Å². The van der Waals surface area contributed by atoms with Crippen LogP contribution >= 0.6 is 0 Å². The standard InChI is InChI=1S/C30H34O11/c1-6-25(31)36-18-14-21(38-27(33)8-3)19-16-24(40-29(35)10-5)30(41-22(19)15-18)17-11-12-20(37-26(32)7-2)23(13-17)39-28(34)9-4/h11-15,24,30H,6-10,16H2,1-5H3/t24-,30+/m0/s1. The minimum atomic E-state index is -0.917. The Morgan fingerprint density at radius 1 is 0.659 bits per heavy atom. The third-order valence-electron chi connectivity index (χ3n) is 6.06. The van der Waals surface area contributed by atoms with E-state index in [1.807, 2.05) is 0 Å². The zero-order valence-corrected chi connectivity index (χ0v) is 23.8. The second kappa shape index (κ2) is 14.3. The van der Waals surface area contributed by atoms with Gasteiger partial charge < -0.3 is 28.4 Å². The van der Waals surface area contributed by atoms with Crippen molar-refractivity contribution in [2.45, 2.75) is 85.4 Å². The molecule has 0 aromatic heterocycles. The molecule has 0 N–H and O–H groups in total. The van der Waals surface area contributed by atoms with E-state index in [0.29, 0.717) is 11.1 Å². The van der Waals surface area contributed by atoms with Gasteiger partial charge in [0.1, 0.15) is 23.4 Å². The quantitative estimate of drug-likeness (QED) is 0.268. The summed E-state index contributed by atoms with van der Waals surface area (Å²) in [6, 6.07) is 7.46. The fourth-order valence-electron chi connectivity index (χ4n) is 3.87. The molecular formula is C30H34O11. The molecule has 0 spiro atoms. The summed E-state index contributed by atoms with van der Waals surface area (Å²) in [5.74, 6) is -2.07. The van der Waals surface area contributed by atoms with Crippen LogP contribution in [-0.2, 0) is 35.1 Å². The highest BCUT2D eigenvalue weighted by molar-refractivity contribution is 5.77. The summed E-state index contributed by atoms with van der Waals surface area (Å²) < 4.78 is 33.7. The Kier molecular flexibility index (Phi) is 10.8. The molecule has 3 rings (SSSR count). The van der Waals surface area contributed by atoms with Gasteiger partial charge in [-0.05, 0) is 12.1 Å². The molecule has 2 aromatic rings. The third-order valence-corrected chi connectivity index (χ3v) is 6.06. The van der Waals surface area contributed by atoms with Crippen molar-refractivity contribution >= 4 is 29.8 Å². The van der Waals surface area contributed by atoms with E-state index in [1.54, 1.807) is 40.7 Å².